The molecular weight excluding hydrogens is 437 g/mol. The maximum Gasteiger partial charge on any atom is 0.319 e. The van der Waals surface area contributed by atoms with Gasteiger partial charge in [0.1, 0.15) is 5.75 Å². The predicted octanol–water partition coefficient (Wildman–Crippen LogP) is 7.74. The number of carbonyl (C=O) groups is 1. The standard InChI is InChI=1S/C26H30FN3O2S/c1-4-5-17(7-6-16(2)3)24-15-21-25(33-24)23(12-13-28-21)32-22-11-10-19(14-20(22)27)30-26(31)29-18-8-9-18/h7,10-16,18H,4-6,8-9H2,1-3H3,(H2,29,30,31)/b17-7+. The Morgan fingerprint density at radius 2 is 2.09 bits per heavy atom. The fourth-order valence-electron chi connectivity index (χ4n) is 3.49. The second kappa shape index (κ2) is 10.3. The highest BCUT2D eigenvalue weighted by molar-refractivity contribution is 7.20. The molecule has 2 aromatic heterocycles. The highest BCUT2D eigenvalue weighted by Crippen LogP contribution is 2.39. The minimum atomic E-state index is -0.538. The average molecular weight is 468 g/mol. The van der Waals surface area contributed by atoms with Gasteiger partial charge in [0.15, 0.2) is 11.6 Å². The molecule has 5 nitrogen and oxygen atoms in total. The van der Waals surface area contributed by atoms with E-state index in [1.165, 1.54) is 22.6 Å². The van der Waals surface area contributed by atoms with E-state index in [1.54, 1.807) is 29.7 Å². The summed E-state index contributed by atoms with van der Waals surface area (Å²) in [5, 5.41) is 5.48. The topological polar surface area (TPSA) is 63.2 Å². The van der Waals surface area contributed by atoms with Gasteiger partial charge < -0.3 is 15.4 Å². The first kappa shape index (κ1) is 23.2. The molecule has 0 spiro atoms. The molecule has 0 atom stereocenters. The molecule has 1 aliphatic rings. The number of ether oxygens (including phenoxy) is 1. The van der Waals surface area contributed by atoms with Crippen LogP contribution in [-0.2, 0) is 0 Å². The number of pyridine rings is 1. The number of carbonyl (C=O) groups excluding carboxylic acids is 1. The molecular formula is C26H30FN3O2S. The van der Waals surface area contributed by atoms with Crippen molar-refractivity contribution in [3.63, 3.8) is 0 Å². The number of thiophene rings is 1. The van der Waals surface area contributed by atoms with Crippen molar-refractivity contribution < 1.29 is 13.9 Å². The third kappa shape index (κ3) is 6.11. The Kier molecular flexibility index (Phi) is 7.28. The van der Waals surface area contributed by atoms with Crippen molar-refractivity contribution in [3.8, 4) is 11.5 Å². The number of nitrogens with one attached hydrogen (secondary N) is 2. The van der Waals surface area contributed by atoms with Crippen LogP contribution < -0.4 is 15.4 Å². The number of halogens is 1. The zero-order valence-electron chi connectivity index (χ0n) is 19.3. The number of hydrogen-bond donors (Lipinski definition) is 2. The van der Waals surface area contributed by atoms with E-state index in [9.17, 15) is 9.18 Å². The molecule has 1 fully saturated rings. The molecule has 0 unspecified atom stereocenters. The van der Waals surface area contributed by atoms with E-state index in [0.717, 1.165) is 42.3 Å². The number of allylic oxidation sites excluding steroid dienone is 2. The van der Waals surface area contributed by atoms with E-state index in [1.807, 2.05) is 0 Å². The quantitative estimate of drug-likeness (QED) is 0.338. The van der Waals surface area contributed by atoms with Gasteiger partial charge in [0.2, 0.25) is 0 Å². The van der Waals surface area contributed by atoms with E-state index < -0.39 is 5.82 Å². The summed E-state index contributed by atoms with van der Waals surface area (Å²) in [4.78, 5) is 17.6. The lowest BCUT2D eigenvalue weighted by atomic mass is 10.0. The van der Waals surface area contributed by atoms with Crippen LogP contribution in [0.4, 0.5) is 14.9 Å². The van der Waals surface area contributed by atoms with Crippen LogP contribution in [0.25, 0.3) is 15.8 Å². The molecule has 1 aliphatic carbocycles. The van der Waals surface area contributed by atoms with E-state index in [0.29, 0.717) is 17.4 Å². The Labute approximate surface area is 198 Å². The van der Waals surface area contributed by atoms with Gasteiger partial charge >= 0.3 is 6.03 Å². The summed E-state index contributed by atoms with van der Waals surface area (Å²) >= 11 is 1.63. The molecule has 1 aromatic carbocycles. The number of hydrogen-bond acceptors (Lipinski definition) is 4. The van der Waals surface area contributed by atoms with Gasteiger partial charge in [0, 0.05) is 34.9 Å². The second-order valence-electron chi connectivity index (χ2n) is 8.86. The third-order valence-corrected chi connectivity index (χ3v) is 6.58. The smallest absolute Gasteiger partial charge is 0.319 e. The largest absolute Gasteiger partial charge is 0.453 e. The molecule has 174 valence electrons. The number of amides is 2. The van der Waals surface area contributed by atoms with Crippen molar-refractivity contribution in [3.05, 3.63) is 53.3 Å². The predicted molar refractivity (Wildman–Crippen MR) is 134 cm³/mol. The van der Waals surface area contributed by atoms with E-state index in [4.69, 9.17) is 4.74 Å². The fourth-order valence-corrected chi connectivity index (χ4v) is 4.62. The lowest BCUT2D eigenvalue weighted by Gasteiger charge is -2.10. The van der Waals surface area contributed by atoms with Gasteiger partial charge in [-0.1, -0.05) is 33.3 Å². The number of aromatic nitrogens is 1. The summed E-state index contributed by atoms with van der Waals surface area (Å²) in [6.07, 6.45) is 9.10. The zero-order chi connectivity index (χ0) is 23.4. The maximum atomic E-state index is 14.8. The summed E-state index contributed by atoms with van der Waals surface area (Å²) in [6.45, 7) is 6.61. The summed E-state index contributed by atoms with van der Waals surface area (Å²) in [6, 6.07) is 8.21. The number of anilines is 1. The lowest BCUT2D eigenvalue weighted by molar-refractivity contribution is 0.251. The van der Waals surface area contributed by atoms with Crippen LogP contribution in [0.2, 0.25) is 0 Å². The van der Waals surface area contributed by atoms with Crippen molar-refractivity contribution in [2.45, 2.75) is 58.9 Å². The van der Waals surface area contributed by atoms with Crippen molar-refractivity contribution >= 4 is 38.8 Å². The van der Waals surface area contributed by atoms with Gasteiger partial charge in [-0.15, -0.1) is 11.3 Å². The van der Waals surface area contributed by atoms with Gasteiger partial charge in [0.05, 0.1) is 10.2 Å². The number of nitrogens with zero attached hydrogens (tertiary/aromatic N) is 1. The van der Waals surface area contributed by atoms with E-state index in [2.05, 4.69) is 48.5 Å². The molecule has 0 bridgehead atoms. The summed E-state index contributed by atoms with van der Waals surface area (Å²) in [7, 11) is 0. The molecule has 2 N–H and O–H groups in total. The number of urea groups is 1. The Balaban J connectivity index is 1.54. The molecule has 0 aliphatic heterocycles. The molecule has 0 radical (unpaired) electrons. The van der Waals surface area contributed by atoms with Crippen LogP contribution in [0, 0.1) is 11.7 Å². The van der Waals surface area contributed by atoms with Gasteiger partial charge in [0.25, 0.3) is 0 Å². The van der Waals surface area contributed by atoms with Gasteiger partial charge in [-0.2, -0.15) is 0 Å². The molecule has 33 heavy (non-hydrogen) atoms. The molecule has 4 rings (SSSR count). The first-order chi connectivity index (χ1) is 15.9. The minimum Gasteiger partial charge on any atom is -0.453 e. The summed E-state index contributed by atoms with van der Waals surface area (Å²) in [5.41, 5.74) is 2.55. The lowest BCUT2D eigenvalue weighted by Crippen LogP contribution is -2.30. The van der Waals surface area contributed by atoms with Crippen LogP contribution in [0.5, 0.6) is 11.5 Å². The van der Waals surface area contributed by atoms with Crippen LogP contribution in [-0.4, -0.2) is 17.1 Å². The zero-order valence-corrected chi connectivity index (χ0v) is 20.1. The van der Waals surface area contributed by atoms with Crippen molar-refractivity contribution in [1.29, 1.82) is 0 Å². The first-order valence-electron chi connectivity index (χ1n) is 11.6. The van der Waals surface area contributed by atoms with Crippen molar-refractivity contribution in [2.75, 3.05) is 5.32 Å². The molecule has 7 heteroatoms. The third-order valence-electron chi connectivity index (χ3n) is 5.37. The van der Waals surface area contributed by atoms with E-state index in [-0.39, 0.29) is 17.8 Å². The Morgan fingerprint density at radius 3 is 2.79 bits per heavy atom. The van der Waals surface area contributed by atoms with Gasteiger partial charge in [-0.05, 0) is 55.4 Å². The highest BCUT2D eigenvalue weighted by atomic mass is 32.1. The van der Waals surface area contributed by atoms with Crippen molar-refractivity contribution in [2.24, 2.45) is 5.92 Å². The van der Waals surface area contributed by atoms with E-state index >= 15 is 0 Å². The number of benzene rings is 1. The molecule has 2 amide bonds. The van der Waals surface area contributed by atoms with Crippen LogP contribution in [0.3, 0.4) is 0 Å². The highest BCUT2D eigenvalue weighted by Gasteiger charge is 2.23. The average Bonchev–Trinajstić information content (AvgIpc) is 3.47. The first-order valence-corrected chi connectivity index (χ1v) is 12.4. The van der Waals surface area contributed by atoms with Crippen LogP contribution in [0.1, 0.15) is 57.8 Å². The normalized spacial score (nSPS) is 14.0. The molecule has 2 heterocycles. The SMILES string of the molecule is CCC/C(=C\CC(C)C)c1cc2nccc(Oc3ccc(NC(=O)NC4CC4)cc3F)c2s1. The van der Waals surface area contributed by atoms with Crippen LogP contribution >= 0.6 is 11.3 Å². The Hall–Kier alpha value is -2.93. The molecule has 1 saturated carbocycles. The Bertz CT molecular complexity index is 1170. The summed E-state index contributed by atoms with van der Waals surface area (Å²) in [5.74, 6) is 0.740. The second-order valence-corrected chi connectivity index (χ2v) is 9.92. The minimum absolute atomic E-state index is 0.106. The summed E-state index contributed by atoms with van der Waals surface area (Å²) < 4.78 is 21.6. The maximum absolute atomic E-state index is 14.8. The number of fused-ring (bicyclic) bond motifs is 1. The number of rotatable bonds is 9. The Morgan fingerprint density at radius 1 is 1.27 bits per heavy atom. The monoisotopic (exact) mass is 467 g/mol. The molecule has 3 aromatic rings. The fraction of sp³-hybridized carbons (Fsp3) is 0.385. The van der Waals surface area contributed by atoms with Gasteiger partial charge in [-0.25, -0.2) is 9.18 Å². The van der Waals surface area contributed by atoms with Crippen LogP contribution in [0.15, 0.2) is 42.6 Å². The molecule has 0 saturated heterocycles. The van der Waals surface area contributed by atoms with Crippen molar-refractivity contribution in [1.82, 2.24) is 10.3 Å². The van der Waals surface area contributed by atoms with Gasteiger partial charge in [-0.3, -0.25) is 4.98 Å².